The molecule has 1 saturated heterocycles. The van der Waals surface area contributed by atoms with Crippen molar-refractivity contribution in [1.82, 2.24) is 4.90 Å². The summed E-state index contributed by atoms with van der Waals surface area (Å²) in [5, 5.41) is 2.94. The minimum absolute atomic E-state index is 0.191. The first-order valence-corrected chi connectivity index (χ1v) is 8.31. The van der Waals surface area contributed by atoms with Crippen molar-refractivity contribution in [3.05, 3.63) is 53.0 Å². The van der Waals surface area contributed by atoms with Crippen LogP contribution >= 0.6 is 0 Å². The van der Waals surface area contributed by atoms with Gasteiger partial charge in [-0.2, -0.15) is 0 Å². The number of nitrogens with one attached hydrogen (secondary N) is 1. The van der Waals surface area contributed by atoms with E-state index in [9.17, 15) is 4.79 Å². The lowest BCUT2D eigenvalue weighted by molar-refractivity contribution is 0.0992. The number of carbonyl (C=O) groups excluding carboxylic acids is 1. The fourth-order valence-electron chi connectivity index (χ4n) is 2.98. The molecule has 1 aromatic carbocycles. The van der Waals surface area contributed by atoms with Crippen molar-refractivity contribution >= 4 is 11.6 Å². The number of nitrogens with zero attached hydrogens (tertiary/aromatic N) is 1. The fourth-order valence-corrected chi connectivity index (χ4v) is 2.98. The van der Waals surface area contributed by atoms with Crippen molar-refractivity contribution < 1.29 is 9.21 Å². The molecule has 1 amide bonds. The van der Waals surface area contributed by atoms with Gasteiger partial charge in [0.15, 0.2) is 5.76 Å². The van der Waals surface area contributed by atoms with E-state index in [1.807, 2.05) is 38.1 Å². The van der Waals surface area contributed by atoms with Crippen LogP contribution in [-0.4, -0.2) is 23.9 Å². The van der Waals surface area contributed by atoms with Crippen LogP contribution in [0.2, 0.25) is 0 Å². The van der Waals surface area contributed by atoms with E-state index < -0.39 is 0 Å². The Morgan fingerprint density at radius 2 is 1.91 bits per heavy atom. The van der Waals surface area contributed by atoms with E-state index in [2.05, 4.69) is 10.2 Å². The highest BCUT2D eigenvalue weighted by Crippen LogP contribution is 2.19. The summed E-state index contributed by atoms with van der Waals surface area (Å²) < 4.78 is 5.74. The molecule has 4 nitrogen and oxygen atoms in total. The third-order valence-electron chi connectivity index (χ3n) is 4.35. The van der Waals surface area contributed by atoms with Gasteiger partial charge in [-0.3, -0.25) is 9.69 Å². The van der Waals surface area contributed by atoms with Gasteiger partial charge in [-0.15, -0.1) is 0 Å². The summed E-state index contributed by atoms with van der Waals surface area (Å²) in [6.07, 6.45) is 3.82. The highest BCUT2D eigenvalue weighted by Gasteiger charge is 2.16. The van der Waals surface area contributed by atoms with Crippen LogP contribution in [0.25, 0.3) is 0 Å². The minimum Gasteiger partial charge on any atom is -0.455 e. The molecular formula is C19H24N2O2. The van der Waals surface area contributed by atoms with E-state index in [1.165, 1.54) is 19.3 Å². The van der Waals surface area contributed by atoms with Crippen LogP contribution < -0.4 is 5.32 Å². The second-order valence-corrected chi connectivity index (χ2v) is 6.38. The Hall–Kier alpha value is -2.07. The number of furan rings is 1. The number of hydrogen-bond acceptors (Lipinski definition) is 3. The highest BCUT2D eigenvalue weighted by atomic mass is 16.4. The highest BCUT2D eigenvalue weighted by molar-refractivity contribution is 6.02. The van der Waals surface area contributed by atoms with Gasteiger partial charge in [-0.25, -0.2) is 0 Å². The van der Waals surface area contributed by atoms with E-state index in [1.54, 1.807) is 6.07 Å². The molecule has 1 aliphatic heterocycles. The molecular weight excluding hydrogens is 288 g/mol. The summed E-state index contributed by atoms with van der Waals surface area (Å²) in [5.41, 5.74) is 3.00. The maximum atomic E-state index is 12.4. The number of anilines is 1. The first-order valence-electron chi connectivity index (χ1n) is 8.31. The Morgan fingerprint density at radius 3 is 2.70 bits per heavy atom. The van der Waals surface area contributed by atoms with Gasteiger partial charge in [-0.05, 0) is 69.1 Å². The largest absolute Gasteiger partial charge is 0.455 e. The molecule has 2 heterocycles. The molecule has 3 rings (SSSR count). The predicted molar refractivity (Wildman–Crippen MR) is 91.7 cm³/mol. The molecule has 122 valence electrons. The Balaban J connectivity index is 1.65. The number of piperidine rings is 1. The molecule has 4 heteroatoms. The van der Waals surface area contributed by atoms with Gasteiger partial charge in [0, 0.05) is 5.69 Å². The zero-order chi connectivity index (χ0) is 16.2. The van der Waals surface area contributed by atoms with Gasteiger partial charge in [0.05, 0.1) is 6.54 Å². The zero-order valence-corrected chi connectivity index (χ0v) is 13.9. The van der Waals surface area contributed by atoms with Crippen molar-refractivity contribution in [2.24, 2.45) is 0 Å². The lowest BCUT2D eigenvalue weighted by Gasteiger charge is -2.25. The van der Waals surface area contributed by atoms with Crippen molar-refractivity contribution in [2.45, 2.75) is 39.7 Å². The molecule has 0 bridgehead atoms. The Morgan fingerprint density at radius 1 is 1.13 bits per heavy atom. The van der Waals surface area contributed by atoms with E-state index in [-0.39, 0.29) is 5.91 Å². The summed E-state index contributed by atoms with van der Waals surface area (Å²) in [5.74, 6) is 1.04. The first kappa shape index (κ1) is 15.8. The maximum Gasteiger partial charge on any atom is 0.291 e. The predicted octanol–water partition coefficient (Wildman–Crippen LogP) is 4.13. The molecule has 0 saturated carbocycles. The molecule has 1 N–H and O–H groups in total. The average Bonchev–Trinajstić information content (AvgIpc) is 3.00. The number of likely N-dealkylation sites (tertiary alicyclic amines) is 1. The molecule has 1 fully saturated rings. The van der Waals surface area contributed by atoms with Gasteiger partial charge in [0.2, 0.25) is 0 Å². The second-order valence-electron chi connectivity index (χ2n) is 6.38. The van der Waals surface area contributed by atoms with Crippen molar-refractivity contribution in [3.8, 4) is 0 Å². The van der Waals surface area contributed by atoms with Gasteiger partial charge in [0.1, 0.15) is 5.76 Å². The van der Waals surface area contributed by atoms with Crippen molar-refractivity contribution in [1.29, 1.82) is 0 Å². The molecule has 0 atom stereocenters. The van der Waals surface area contributed by atoms with Crippen LogP contribution in [0.5, 0.6) is 0 Å². The molecule has 23 heavy (non-hydrogen) atoms. The molecule has 0 radical (unpaired) electrons. The summed E-state index contributed by atoms with van der Waals surface area (Å²) in [6, 6.07) is 9.70. The first-order chi connectivity index (χ1) is 11.1. The standard InChI is InChI=1S/C19H24N2O2/c1-14-6-7-15(2)17(12-14)20-19(22)18-9-8-16(23-18)13-21-10-4-3-5-11-21/h6-9,12H,3-5,10-11,13H2,1-2H3,(H,20,22). The van der Waals surface area contributed by atoms with E-state index >= 15 is 0 Å². The molecule has 2 aromatic rings. The molecule has 1 aromatic heterocycles. The van der Waals surface area contributed by atoms with Gasteiger partial charge >= 0.3 is 0 Å². The smallest absolute Gasteiger partial charge is 0.291 e. The van der Waals surface area contributed by atoms with Gasteiger partial charge in [-0.1, -0.05) is 18.6 Å². The van der Waals surface area contributed by atoms with Crippen LogP contribution in [-0.2, 0) is 6.54 Å². The number of amides is 1. The van der Waals surface area contributed by atoms with Crippen LogP contribution in [0, 0.1) is 13.8 Å². The van der Waals surface area contributed by atoms with E-state index in [0.717, 1.165) is 42.2 Å². The number of benzene rings is 1. The average molecular weight is 312 g/mol. The van der Waals surface area contributed by atoms with E-state index in [0.29, 0.717) is 5.76 Å². The SMILES string of the molecule is Cc1ccc(C)c(NC(=O)c2ccc(CN3CCCCC3)o2)c1. The van der Waals surface area contributed by atoms with Crippen LogP contribution in [0.3, 0.4) is 0 Å². The molecule has 0 spiro atoms. The van der Waals surface area contributed by atoms with Gasteiger partial charge < -0.3 is 9.73 Å². The topological polar surface area (TPSA) is 45.5 Å². The third kappa shape index (κ3) is 4.02. The molecule has 1 aliphatic rings. The van der Waals surface area contributed by atoms with Gasteiger partial charge in [0.25, 0.3) is 5.91 Å². The number of carbonyl (C=O) groups is 1. The monoisotopic (exact) mass is 312 g/mol. The number of aryl methyl sites for hydroxylation is 2. The molecule has 0 aliphatic carbocycles. The summed E-state index contributed by atoms with van der Waals surface area (Å²) >= 11 is 0. The van der Waals surface area contributed by atoms with Crippen LogP contribution in [0.1, 0.15) is 46.7 Å². The van der Waals surface area contributed by atoms with Crippen molar-refractivity contribution in [3.63, 3.8) is 0 Å². The van der Waals surface area contributed by atoms with Crippen molar-refractivity contribution in [2.75, 3.05) is 18.4 Å². The second kappa shape index (κ2) is 7.01. The summed E-state index contributed by atoms with van der Waals surface area (Å²) in [6.45, 7) is 7.02. The normalized spacial score (nSPS) is 15.6. The zero-order valence-electron chi connectivity index (χ0n) is 13.9. The van der Waals surface area contributed by atoms with Crippen LogP contribution in [0.4, 0.5) is 5.69 Å². The maximum absolute atomic E-state index is 12.4. The Kier molecular flexibility index (Phi) is 4.82. The quantitative estimate of drug-likeness (QED) is 0.923. The lowest BCUT2D eigenvalue weighted by atomic mass is 10.1. The fraction of sp³-hybridized carbons (Fsp3) is 0.421. The number of hydrogen-bond donors (Lipinski definition) is 1. The van der Waals surface area contributed by atoms with E-state index in [4.69, 9.17) is 4.42 Å². The minimum atomic E-state index is -0.191. The molecule has 0 unspecified atom stereocenters. The number of rotatable bonds is 4. The Labute approximate surface area is 137 Å². The summed E-state index contributed by atoms with van der Waals surface area (Å²) in [4.78, 5) is 14.7. The lowest BCUT2D eigenvalue weighted by Crippen LogP contribution is -2.28. The third-order valence-corrected chi connectivity index (χ3v) is 4.35. The Bertz CT molecular complexity index is 684. The van der Waals surface area contributed by atoms with Crippen LogP contribution in [0.15, 0.2) is 34.7 Å². The summed E-state index contributed by atoms with van der Waals surface area (Å²) in [7, 11) is 0.